The van der Waals surface area contributed by atoms with Crippen LogP contribution in [0.4, 0.5) is 0 Å². The Labute approximate surface area is 58.0 Å². The highest BCUT2D eigenvalue weighted by Gasteiger charge is 2.08. The Hall–Kier alpha value is 0.310. The van der Waals surface area contributed by atoms with Crippen LogP contribution in [-0.2, 0) is 0 Å². The molecule has 0 amide bonds. The van der Waals surface area contributed by atoms with Gasteiger partial charge in [-0.3, -0.25) is 5.09 Å². The van der Waals surface area contributed by atoms with Crippen LogP contribution >= 0.6 is 8.45 Å². The minimum absolute atomic E-state index is 0.902. The highest BCUT2D eigenvalue weighted by atomic mass is 31.2. The average Bonchev–Trinajstić information content (AvgIpc) is 1.90. The summed E-state index contributed by atoms with van der Waals surface area (Å²) in [5, 5.41) is 2.81. The molecule has 4 heteroatoms. The van der Waals surface area contributed by atoms with E-state index in [2.05, 4.69) is 5.09 Å². The van der Waals surface area contributed by atoms with Gasteiger partial charge in [0, 0.05) is 13.1 Å². The zero-order valence-electron chi connectivity index (χ0n) is 6.26. The minimum Gasteiger partial charge on any atom is -0.347 e. The van der Waals surface area contributed by atoms with Crippen molar-refractivity contribution in [3.63, 3.8) is 0 Å². The zero-order chi connectivity index (χ0) is 7.28. The van der Waals surface area contributed by atoms with E-state index in [0.29, 0.717) is 0 Å². The number of rotatable bonds is 4. The second-order valence-corrected chi connectivity index (χ2v) is 3.24. The van der Waals surface area contributed by atoms with Gasteiger partial charge in [-0.25, -0.2) is 4.67 Å². The monoisotopic (exact) mass is 150 g/mol. The van der Waals surface area contributed by atoms with Gasteiger partial charge in [0.2, 0.25) is 0 Å². The van der Waals surface area contributed by atoms with Crippen LogP contribution < -0.4 is 5.09 Å². The minimum atomic E-state index is -1.06. The maximum Gasteiger partial charge on any atom is 0.182 e. The number of hydrogen-bond donors (Lipinski definition) is 2. The maximum atomic E-state index is 9.20. The molecule has 0 fully saturated rings. The summed E-state index contributed by atoms with van der Waals surface area (Å²) in [5.41, 5.74) is 0. The fraction of sp³-hybridized carbons (Fsp3) is 1.00. The SMILES string of the molecule is CCN(CC)P(O)NC. The van der Waals surface area contributed by atoms with Gasteiger partial charge in [0.05, 0.1) is 0 Å². The predicted molar refractivity (Wildman–Crippen MR) is 41.1 cm³/mol. The highest BCUT2D eigenvalue weighted by Crippen LogP contribution is 2.27. The molecule has 0 saturated carbocycles. The summed E-state index contributed by atoms with van der Waals surface area (Å²) in [6, 6.07) is 0. The van der Waals surface area contributed by atoms with E-state index in [1.807, 2.05) is 18.5 Å². The van der Waals surface area contributed by atoms with Gasteiger partial charge in [-0.1, -0.05) is 13.8 Å². The predicted octanol–water partition coefficient (Wildman–Crippen LogP) is 0.767. The van der Waals surface area contributed by atoms with Crippen molar-refractivity contribution in [1.82, 2.24) is 9.76 Å². The Balaban J connectivity index is 3.50. The van der Waals surface area contributed by atoms with Crippen molar-refractivity contribution in [1.29, 1.82) is 0 Å². The second-order valence-electron chi connectivity index (χ2n) is 1.65. The number of nitrogens with one attached hydrogen (secondary N) is 1. The van der Waals surface area contributed by atoms with Crippen molar-refractivity contribution in [2.75, 3.05) is 20.1 Å². The second kappa shape index (κ2) is 5.12. The van der Waals surface area contributed by atoms with E-state index in [0.717, 1.165) is 13.1 Å². The van der Waals surface area contributed by atoms with Gasteiger partial charge in [0.25, 0.3) is 0 Å². The van der Waals surface area contributed by atoms with Crippen LogP contribution in [0, 0.1) is 0 Å². The summed E-state index contributed by atoms with van der Waals surface area (Å²) >= 11 is 0. The van der Waals surface area contributed by atoms with Crippen molar-refractivity contribution in [2.45, 2.75) is 13.8 Å². The molecule has 0 rings (SSSR count). The van der Waals surface area contributed by atoms with Gasteiger partial charge in [-0.15, -0.1) is 0 Å². The van der Waals surface area contributed by atoms with Crippen LogP contribution in [0.25, 0.3) is 0 Å². The molecule has 3 nitrogen and oxygen atoms in total. The van der Waals surface area contributed by atoms with Crippen molar-refractivity contribution >= 4 is 8.45 Å². The van der Waals surface area contributed by atoms with Crippen LogP contribution in [0.15, 0.2) is 0 Å². The average molecular weight is 150 g/mol. The van der Waals surface area contributed by atoms with Crippen LogP contribution in [0.1, 0.15) is 13.8 Å². The van der Waals surface area contributed by atoms with Crippen LogP contribution in [0.3, 0.4) is 0 Å². The molecule has 1 atom stereocenters. The maximum absolute atomic E-state index is 9.20. The molecular formula is C5H15N2OP. The lowest BCUT2D eigenvalue weighted by atomic mass is 10.7. The van der Waals surface area contributed by atoms with Crippen LogP contribution in [-0.4, -0.2) is 29.7 Å². The molecule has 0 spiro atoms. The molecule has 0 aromatic heterocycles. The molecule has 56 valence electrons. The van der Waals surface area contributed by atoms with Gasteiger partial charge in [0.15, 0.2) is 8.45 Å². The van der Waals surface area contributed by atoms with Crippen molar-refractivity contribution in [3.05, 3.63) is 0 Å². The third kappa shape index (κ3) is 3.11. The van der Waals surface area contributed by atoms with E-state index in [1.165, 1.54) is 0 Å². The van der Waals surface area contributed by atoms with Gasteiger partial charge in [0.1, 0.15) is 0 Å². The third-order valence-corrected chi connectivity index (χ3v) is 2.70. The molecule has 0 radical (unpaired) electrons. The summed E-state index contributed by atoms with van der Waals surface area (Å²) in [5.74, 6) is 0. The lowest BCUT2D eigenvalue weighted by Gasteiger charge is -2.22. The Morgan fingerprint density at radius 1 is 1.44 bits per heavy atom. The molecule has 2 N–H and O–H groups in total. The van der Waals surface area contributed by atoms with Gasteiger partial charge < -0.3 is 4.89 Å². The summed E-state index contributed by atoms with van der Waals surface area (Å²) in [4.78, 5) is 9.20. The molecule has 0 aliphatic heterocycles. The summed E-state index contributed by atoms with van der Waals surface area (Å²) in [7, 11) is 0.709. The van der Waals surface area contributed by atoms with Crippen LogP contribution in [0.5, 0.6) is 0 Å². The molecule has 0 saturated heterocycles. The Morgan fingerprint density at radius 3 is 2.00 bits per heavy atom. The van der Waals surface area contributed by atoms with E-state index in [9.17, 15) is 4.89 Å². The molecule has 9 heavy (non-hydrogen) atoms. The molecule has 0 bridgehead atoms. The first-order chi connectivity index (χ1) is 4.26. The standard InChI is InChI=1S/C5H15N2OP/c1-4-7(5-2)9(8)6-3/h6,8H,4-5H2,1-3H3. The Kier molecular flexibility index (Phi) is 5.30. The first-order valence-corrected chi connectivity index (χ1v) is 4.42. The molecule has 0 heterocycles. The molecule has 0 aliphatic rings. The summed E-state index contributed by atoms with van der Waals surface area (Å²) in [6.45, 7) is 5.87. The van der Waals surface area contributed by atoms with E-state index in [1.54, 1.807) is 7.05 Å². The molecular weight excluding hydrogens is 135 g/mol. The third-order valence-electron chi connectivity index (χ3n) is 1.20. The highest BCUT2D eigenvalue weighted by molar-refractivity contribution is 7.46. The fourth-order valence-corrected chi connectivity index (χ4v) is 1.45. The topological polar surface area (TPSA) is 35.5 Å². The molecule has 0 aliphatic carbocycles. The number of hydrogen-bond acceptors (Lipinski definition) is 3. The number of nitrogens with zero attached hydrogens (tertiary/aromatic N) is 1. The van der Waals surface area contributed by atoms with Gasteiger partial charge >= 0.3 is 0 Å². The Bertz CT molecular complexity index is 68.0. The normalized spacial score (nSPS) is 14.3. The summed E-state index contributed by atoms with van der Waals surface area (Å²) < 4.78 is 1.98. The van der Waals surface area contributed by atoms with Crippen molar-refractivity contribution in [2.24, 2.45) is 0 Å². The molecule has 0 aromatic carbocycles. The van der Waals surface area contributed by atoms with Gasteiger partial charge in [-0.2, -0.15) is 0 Å². The lowest BCUT2D eigenvalue weighted by Crippen LogP contribution is -2.21. The van der Waals surface area contributed by atoms with E-state index in [4.69, 9.17) is 0 Å². The van der Waals surface area contributed by atoms with Gasteiger partial charge in [-0.05, 0) is 7.05 Å². The Morgan fingerprint density at radius 2 is 1.89 bits per heavy atom. The molecule has 0 aromatic rings. The fourth-order valence-electron chi connectivity index (χ4n) is 0.633. The van der Waals surface area contributed by atoms with E-state index in [-0.39, 0.29) is 0 Å². The van der Waals surface area contributed by atoms with E-state index >= 15 is 0 Å². The summed E-state index contributed by atoms with van der Waals surface area (Å²) in [6.07, 6.45) is 0. The quantitative estimate of drug-likeness (QED) is 0.581. The smallest absolute Gasteiger partial charge is 0.182 e. The first kappa shape index (κ1) is 9.31. The molecule has 1 unspecified atom stereocenters. The lowest BCUT2D eigenvalue weighted by molar-refractivity contribution is 0.435. The van der Waals surface area contributed by atoms with E-state index < -0.39 is 8.45 Å². The van der Waals surface area contributed by atoms with Crippen LogP contribution in [0.2, 0.25) is 0 Å². The zero-order valence-corrected chi connectivity index (χ0v) is 7.15. The first-order valence-electron chi connectivity index (χ1n) is 3.17. The van der Waals surface area contributed by atoms with Crippen molar-refractivity contribution in [3.8, 4) is 0 Å². The van der Waals surface area contributed by atoms with Crippen molar-refractivity contribution < 1.29 is 4.89 Å². The largest absolute Gasteiger partial charge is 0.347 e.